The predicted octanol–water partition coefficient (Wildman–Crippen LogP) is 3.97. The van der Waals surface area contributed by atoms with Crippen molar-refractivity contribution < 1.29 is 9.59 Å². The molecule has 4 rings (SSSR count). The van der Waals surface area contributed by atoms with E-state index in [-0.39, 0.29) is 23.7 Å². The number of amides is 2. The van der Waals surface area contributed by atoms with Crippen molar-refractivity contribution in [1.82, 2.24) is 15.2 Å². The number of carbonyl (C=O) groups is 2. The first-order valence-corrected chi connectivity index (χ1v) is 11.7. The first-order valence-electron chi connectivity index (χ1n) is 11.7. The average Bonchev–Trinajstić information content (AvgIpc) is 3.23. The second kappa shape index (κ2) is 10.9. The van der Waals surface area contributed by atoms with Crippen LogP contribution in [0.5, 0.6) is 0 Å². The molecular formula is C28H29N5O2. The Morgan fingerprint density at radius 1 is 1.11 bits per heavy atom. The Morgan fingerprint density at radius 2 is 1.86 bits per heavy atom. The molecule has 2 heterocycles. The van der Waals surface area contributed by atoms with E-state index in [0.29, 0.717) is 30.9 Å². The van der Waals surface area contributed by atoms with Crippen LogP contribution in [0.1, 0.15) is 53.5 Å². The SMILES string of the molecule is CC(CNC(C(=O)Nc1ccc(C2CC(=O)N(C)C2)cn1)c1ccccc1)c1ccc(C#N)cc1. The van der Waals surface area contributed by atoms with E-state index in [2.05, 4.69) is 28.6 Å². The number of hydrogen-bond donors (Lipinski definition) is 2. The van der Waals surface area contributed by atoms with Gasteiger partial charge in [-0.1, -0.05) is 55.5 Å². The molecule has 2 aromatic carbocycles. The summed E-state index contributed by atoms with van der Waals surface area (Å²) in [6.07, 6.45) is 2.23. The summed E-state index contributed by atoms with van der Waals surface area (Å²) in [7, 11) is 1.81. The average molecular weight is 468 g/mol. The molecule has 0 aliphatic carbocycles. The van der Waals surface area contributed by atoms with Crippen molar-refractivity contribution in [3.05, 3.63) is 95.2 Å². The Kier molecular flexibility index (Phi) is 7.54. The zero-order valence-electron chi connectivity index (χ0n) is 19.9. The van der Waals surface area contributed by atoms with E-state index < -0.39 is 6.04 Å². The van der Waals surface area contributed by atoms with Crippen LogP contribution in [0.3, 0.4) is 0 Å². The molecule has 7 nitrogen and oxygen atoms in total. The van der Waals surface area contributed by atoms with Gasteiger partial charge in [-0.05, 0) is 40.8 Å². The molecule has 1 fully saturated rings. The zero-order valence-corrected chi connectivity index (χ0v) is 19.9. The van der Waals surface area contributed by atoms with Crippen molar-refractivity contribution in [2.24, 2.45) is 0 Å². The van der Waals surface area contributed by atoms with Gasteiger partial charge in [0.1, 0.15) is 11.9 Å². The van der Waals surface area contributed by atoms with Crippen molar-refractivity contribution in [2.75, 3.05) is 25.5 Å². The Hall–Kier alpha value is -4.02. The van der Waals surface area contributed by atoms with Gasteiger partial charge in [0, 0.05) is 38.7 Å². The minimum atomic E-state index is -0.556. The van der Waals surface area contributed by atoms with Crippen LogP contribution in [-0.4, -0.2) is 41.8 Å². The number of pyridine rings is 1. The van der Waals surface area contributed by atoms with Gasteiger partial charge < -0.3 is 15.5 Å². The van der Waals surface area contributed by atoms with E-state index in [9.17, 15) is 9.59 Å². The number of hydrogen-bond acceptors (Lipinski definition) is 5. The number of likely N-dealkylation sites (N-methyl/N-ethyl adjacent to an activating group) is 1. The van der Waals surface area contributed by atoms with E-state index in [4.69, 9.17) is 5.26 Å². The van der Waals surface area contributed by atoms with Crippen LogP contribution >= 0.6 is 0 Å². The Bertz CT molecular complexity index is 1200. The summed E-state index contributed by atoms with van der Waals surface area (Å²) in [4.78, 5) is 31.3. The lowest BCUT2D eigenvalue weighted by Crippen LogP contribution is -2.35. The van der Waals surface area contributed by atoms with Crippen LogP contribution in [0, 0.1) is 11.3 Å². The number of anilines is 1. The van der Waals surface area contributed by atoms with Crippen LogP contribution in [-0.2, 0) is 9.59 Å². The topological polar surface area (TPSA) is 98.1 Å². The van der Waals surface area contributed by atoms with Crippen molar-refractivity contribution in [1.29, 1.82) is 5.26 Å². The van der Waals surface area contributed by atoms with Crippen LogP contribution in [0.4, 0.5) is 5.82 Å². The fourth-order valence-corrected chi connectivity index (χ4v) is 4.31. The molecule has 3 atom stereocenters. The Balaban J connectivity index is 1.43. The van der Waals surface area contributed by atoms with Crippen molar-refractivity contribution in [3.63, 3.8) is 0 Å². The third-order valence-corrected chi connectivity index (χ3v) is 6.48. The second-order valence-corrected chi connectivity index (χ2v) is 9.03. The fraction of sp³-hybridized carbons (Fsp3) is 0.286. The smallest absolute Gasteiger partial charge is 0.247 e. The fourth-order valence-electron chi connectivity index (χ4n) is 4.31. The predicted molar refractivity (Wildman–Crippen MR) is 135 cm³/mol. The quantitative estimate of drug-likeness (QED) is 0.522. The Labute approximate surface area is 205 Å². The zero-order chi connectivity index (χ0) is 24.8. The normalized spacial score (nSPS) is 17.0. The number of likely N-dealkylation sites (tertiary alicyclic amines) is 1. The molecule has 1 saturated heterocycles. The summed E-state index contributed by atoms with van der Waals surface area (Å²) in [6, 6.07) is 22.4. The maximum Gasteiger partial charge on any atom is 0.247 e. The van der Waals surface area contributed by atoms with E-state index in [1.807, 2.05) is 67.7 Å². The summed E-state index contributed by atoms with van der Waals surface area (Å²) in [5, 5.41) is 15.3. The van der Waals surface area contributed by atoms with Gasteiger partial charge in [-0.2, -0.15) is 5.26 Å². The molecule has 7 heteroatoms. The number of aromatic nitrogens is 1. The first kappa shape index (κ1) is 24.1. The molecule has 0 spiro atoms. The van der Waals surface area contributed by atoms with Crippen LogP contribution in [0.2, 0.25) is 0 Å². The van der Waals surface area contributed by atoms with Crippen molar-refractivity contribution in [3.8, 4) is 6.07 Å². The number of benzene rings is 2. The molecule has 0 bridgehead atoms. The maximum atomic E-state index is 13.3. The molecule has 178 valence electrons. The molecule has 1 aliphatic rings. The summed E-state index contributed by atoms with van der Waals surface area (Å²) in [6.45, 7) is 3.35. The molecule has 2 N–H and O–H groups in total. The van der Waals surface area contributed by atoms with E-state index in [1.165, 1.54) is 0 Å². The molecular weight excluding hydrogens is 438 g/mol. The molecule has 3 aromatic rings. The lowest BCUT2D eigenvalue weighted by Gasteiger charge is -2.21. The molecule has 35 heavy (non-hydrogen) atoms. The highest BCUT2D eigenvalue weighted by Crippen LogP contribution is 2.27. The number of carbonyl (C=O) groups excluding carboxylic acids is 2. The molecule has 2 amide bonds. The van der Waals surface area contributed by atoms with Crippen LogP contribution in [0.15, 0.2) is 72.9 Å². The maximum absolute atomic E-state index is 13.3. The number of rotatable bonds is 8. The highest BCUT2D eigenvalue weighted by atomic mass is 16.2. The molecule has 1 aromatic heterocycles. The molecule has 0 radical (unpaired) electrons. The standard InChI is InChI=1S/C28H29N5O2/c1-19(21-10-8-20(15-29)9-11-21)16-31-27(22-6-4-3-5-7-22)28(35)32-25-13-12-23(17-30-25)24-14-26(34)33(2)18-24/h3-13,17,19,24,27,31H,14,16,18H2,1-2H3,(H,30,32,35). The summed E-state index contributed by atoms with van der Waals surface area (Å²) in [5.41, 5.74) is 3.58. The van der Waals surface area contributed by atoms with Crippen molar-refractivity contribution >= 4 is 17.6 Å². The minimum absolute atomic E-state index is 0.132. The van der Waals surface area contributed by atoms with E-state index in [0.717, 1.165) is 16.7 Å². The number of nitriles is 1. The largest absolute Gasteiger partial charge is 0.345 e. The monoisotopic (exact) mass is 467 g/mol. The van der Waals surface area contributed by atoms with Gasteiger partial charge in [0.05, 0.1) is 11.6 Å². The van der Waals surface area contributed by atoms with Gasteiger partial charge in [0.25, 0.3) is 0 Å². The number of nitrogens with zero attached hydrogens (tertiary/aromatic N) is 3. The lowest BCUT2D eigenvalue weighted by molar-refractivity contribution is -0.126. The highest BCUT2D eigenvalue weighted by Gasteiger charge is 2.28. The lowest BCUT2D eigenvalue weighted by atomic mass is 9.98. The van der Waals surface area contributed by atoms with Gasteiger partial charge in [-0.15, -0.1) is 0 Å². The summed E-state index contributed by atoms with van der Waals surface area (Å²) < 4.78 is 0. The van der Waals surface area contributed by atoms with E-state index in [1.54, 1.807) is 17.2 Å². The van der Waals surface area contributed by atoms with Gasteiger partial charge in [-0.25, -0.2) is 4.98 Å². The Morgan fingerprint density at radius 3 is 2.46 bits per heavy atom. The molecule has 0 saturated carbocycles. The second-order valence-electron chi connectivity index (χ2n) is 9.03. The van der Waals surface area contributed by atoms with Crippen LogP contribution in [0.25, 0.3) is 0 Å². The minimum Gasteiger partial charge on any atom is -0.345 e. The van der Waals surface area contributed by atoms with Gasteiger partial charge in [-0.3, -0.25) is 9.59 Å². The van der Waals surface area contributed by atoms with Crippen LogP contribution < -0.4 is 10.6 Å². The molecule has 3 unspecified atom stereocenters. The van der Waals surface area contributed by atoms with Crippen molar-refractivity contribution in [2.45, 2.75) is 31.2 Å². The molecule has 1 aliphatic heterocycles. The summed E-state index contributed by atoms with van der Waals surface area (Å²) in [5.74, 6) is 0.691. The third kappa shape index (κ3) is 5.92. The van der Waals surface area contributed by atoms with Gasteiger partial charge >= 0.3 is 0 Å². The summed E-state index contributed by atoms with van der Waals surface area (Å²) >= 11 is 0. The highest BCUT2D eigenvalue weighted by molar-refractivity contribution is 5.94. The first-order chi connectivity index (χ1) is 16.9. The van der Waals surface area contributed by atoms with Gasteiger partial charge in [0.2, 0.25) is 11.8 Å². The third-order valence-electron chi connectivity index (χ3n) is 6.48. The van der Waals surface area contributed by atoms with E-state index >= 15 is 0 Å². The van der Waals surface area contributed by atoms with Gasteiger partial charge in [0.15, 0.2) is 0 Å². The number of nitrogens with one attached hydrogen (secondary N) is 2.